The summed E-state index contributed by atoms with van der Waals surface area (Å²) in [7, 11) is 0. The molecule has 1 unspecified atom stereocenters. The van der Waals surface area contributed by atoms with Crippen LogP contribution in [-0.4, -0.2) is 40.6 Å². The Morgan fingerprint density at radius 3 is 2.89 bits per heavy atom. The zero-order valence-electron chi connectivity index (χ0n) is 9.81. The fraction of sp³-hybridized carbons (Fsp3) is 0.400. The number of hydrogen-bond acceptors (Lipinski definition) is 6. The molecule has 6 nitrogen and oxygen atoms in total. The lowest BCUT2D eigenvalue weighted by Gasteiger charge is -2.32. The van der Waals surface area contributed by atoms with Crippen LogP contribution >= 0.6 is 23.4 Å². The molecule has 1 atom stereocenters. The monoisotopic (exact) mass is 286 g/mol. The van der Waals surface area contributed by atoms with E-state index in [1.165, 1.54) is 11.8 Å². The molecule has 1 N–H and O–H groups in total. The molecule has 1 fully saturated rings. The molecule has 0 aliphatic carbocycles. The first-order chi connectivity index (χ1) is 8.51. The third-order valence-corrected chi connectivity index (χ3v) is 3.30. The number of aromatic nitrogens is 2. The molecular formula is C10H11ClN4O2S. The first-order valence-corrected chi connectivity index (χ1v) is 6.80. The van der Waals surface area contributed by atoms with Crippen LogP contribution in [0, 0.1) is 0 Å². The standard InChI is InChI=1S/C10H11ClN4O2S/c1-5-9(17)14-8(16)4-15(5)7-3-6(11)12-10(13-7)18-2/h3,5H,4H2,1-2H3,(H,14,16,17). The highest BCUT2D eigenvalue weighted by Gasteiger charge is 2.31. The molecule has 1 saturated heterocycles. The zero-order valence-corrected chi connectivity index (χ0v) is 11.4. The SMILES string of the molecule is CSc1nc(Cl)cc(N2CC(=O)NC(=O)C2C)n1. The van der Waals surface area contributed by atoms with Crippen LogP contribution in [0.1, 0.15) is 6.92 Å². The third kappa shape index (κ3) is 2.56. The minimum atomic E-state index is -0.469. The molecule has 1 aliphatic rings. The molecule has 1 aromatic heterocycles. The average molecular weight is 287 g/mol. The Bertz CT molecular complexity index is 511. The average Bonchev–Trinajstić information content (AvgIpc) is 2.32. The Morgan fingerprint density at radius 1 is 1.50 bits per heavy atom. The number of nitrogens with zero attached hydrogens (tertiary/aromatic N) is 3. The summed E-state index contributed by atoms with van der Waals surface area (Å²) in [6, 6.07) is 1.08. The number of nitrogens with one attached hydrogen (secondary N) is 1. The van der Waals surface area contributed by atoms with Crippen LogP contribution < -0.4 is 10.2 Å². The Kier molecular flexibility index (Phi) is 3.72. The van der Waals surface area contributed by atoms with Gasteiger partial charge in [0, 0.05) is 6.07 Å². The number of halogens is 1. The Balaban J connectivity index is 2.37. The molecule has 2 amide bonds. The molecule has 96 valence electrons. The van der Waals surface area contributed by atoms with Crippen molar-refractivity contribution in [1.82, 2.24) is 15.3 Å². The highest BCUT2D eigenvalue weighted by atomic mass is 35.5. The van der Waals surface area contributed by atoms with E-state index < -0.39 is 6.04 Å². The minimum absolute atomic E-state index is 0.0775. The van der Waals surface area contributed by atoms with E-state index in [-0.39, 0.29) is 23.5 Å². The van der Waals surface area contributed by atoms with Crippen LogP contribution in [0.25, 0.3) is 0 Å². The van der Waals surface area contributed by atoms with Gasteiger partial charge in [-0.05, 0) is 13.2 Å². The van der Waals surface area contributed by atoms with Gasteiger partial charge in [0.05, 0.1) is 6.54 Å². The predicted molar refractivity (Wildman–Crippen MR) is 68.8 cm³/mol. The first-order valence-electron chi connectivity index (χ1n) is 5.20. The number of imide groups is 1. The Morgan fingerprint density at radius 2 is 2.22 bits per heavy atom. The largest absolute Gasteiger partial charge is 0.335 e. The smallest absolute Gasteiger partial charge is 0.249 e. The maximum absolute atomic E-state index is 11.6. The van der Waals surface area contributed by atoms with Crippen molar-refractivity contribution in [3.8, 4) is 0 Å². The van der Waals surface area contributed by atoms with Gasteiger partial charge < -0.3 is 4.90 Å². The number of rotatable bonds is 2. The summed E-state index contributed by atoms with van der Waals surface area (Å²) in [5, 5.41) is 3.06. The normalized spacial score (nSPS) is 19.9. The van der Waals surface area contributed by atoms with Crippen molar-refractivity contribution in [2.45, 2.75) is 18.1 Å². The number of hydrogen-bond donors (Lipinski definition) is 1. The lowest BCUT2D eigenvalue weighted by atomic mass is 10.2. The molecule has 1 aliphatic heterocycles. The molecule has 1 aromatic rings. The summed E-state index contributed by atoms with van der Waals surface area (Å²) in [5.74, 6) is -0.208. The highest BCUT2D eigenvalue weighted by molar-refractivity contribution is 7.98. The molecule has 0 saturated carbocycles. The molecule has 2 heterocycles. The van der Waals surface area contributed by atoms with Gasteiger partial charge in [-0.25, -0.2) is 9.97 Å². The number of amides is 2. The Labute approximate surface area is 113 Å². The van der Waals surface area contributed by atoms with Crippen LogP contribution in [0.4, 0.5) is 5.82 Å². The fourth-order valence-electron chi connectivity index (χ4n) is 1.62. The maximum Gasteiger partial charge on any atom is 0.249 e. The highest BCUT2D eigenvalue weighted by Crippen LogP contribution is 2.22. The van der Waals surface area contributed by atoms with Gasteiger partial charge in [-0.3, -0.25) is 14.9 Å². The summed E-state index contributed by atoms with van der Waals surface area (Å²) in [6.07, 6.45) is 1.83. The topological polar surface area (TPSA) is 75.2 Å². The van der Waals surface area contributed by atoms with Gasteiger partial charge in [0.1, 0.15) is 17.0 Å². The van der Waals surface area contributed by atoms with Crippen LogP contribution in [0.15, 0.2) is 11.2 Å². The Hall–Kier alpha value is -1.34. The van der Waals surface area contributed by atoms with Crippen LogP contribution in [-0.2, 0) is 9.59 Å². The summed E-state index contributed by atoms with van der Waals surface area (Å²) in [5.41, 5.74) is 0. The van der Waals surface area contributed by atoms with Crippen molar-refractivity contribution >= 4 is 41.0 Å². The predicted octanol–water partition coefficient (Wildman–Crippen LogP) is 0.703. The van der Waals surface area contributed by atoms with E-state index in [2.05, 4.69) is 15.3 Å². The van der Waals surface area contributed by atoms with E-state index in [9.17, 15) is 9.59 Å². The second-order valence-corrected chi connectivity index (χ2v) is 4.91. The first kappa shape index (κ1) is 13.1. The lowest BCUT2D eigenvalue weighted by Crippen LogP contribution is -2.57. The van der Waals surface area contributed by atoms with Gasteiger partial charge in [-0.1, -0.05) is 23.4 Å². The number of anilines is 1. The van der Waals surface area contributed by atoms with Gasteiger partial charge in [-0.2, -0.15) is 0 Å². The lowest BCUT2D eigenvalue weighted by molar-refractivity contribution is -0.132. The van der Waals surface area contributed by atoms with Crippen molar-refractivity contribution in [1.29, 1.82) is 0 Å². The second-order valence-electron chi connectivity index (χ2n) is 3.75. The number of thioether (sulfide) groups is 1. The van der Waals surface area contributed by atoms with E-state index in [1.54, 1.807) is 17.9 Å². The number of carbonyl (C=O) groups excluding carboxylic acids is 2. The fourth-order valence-corrected chi connectivity index (χ4v) is 2.22. The van der Waals surface area contributed by atoms with Crippen molar-refractivity contribution in [3.63, 3.8) is 0 Å². The number of piperazine rings is 1. The van der Waals surface area contributed by atoms with Gasteiger partial charge in [-0.15, -0.1) is 0 Å². The molecule has 2 rings (SSSR count). The van der Waals surface area contributed by atoms with E-state index in [0.29, 0.717) is 11.0 Å². The van der Waals surface area contributed by atoms with Crippen molar-refractivity contribution < 1.29 is 9.59 Å². The van der Waals surface area contributed by atoms with E-state index >= 15 is 0 Å². The van der Waals surface area contributed by atoms with Crippen LogP contribution in [0.2, 0.25) is 5.15 Å². The van der Waals surface area contributed by atoms with E-state index in [0.717, 1.165) is 0 Å². The van der Waals surface area contributed by atoms with Crippen molar-refractivity contribution in [2.75, 3.05) is 17.7 Å². The summed E-state index contributed by atoms with van der Waals surface area (Å²) in [6.45, 7) is 1.78. The van der Waals surface area contributed by atoms with Gasteiger partial charge in [0.2, 0.25) is 11.8 Å². The van der Waals surface area contributed by atoms with Crippen molar-refractivity contribution in [2.24, 2.45) is 0 Å². The molecule has 0 spiro atoms. The maximum atomic E-state index is 11.6. The minimum Gasteiger partial charge on any atom is -0.335 e. The van der Waals surface area contributed by atoms with E-state index in [1.807, 2.05) is 6.26 Å². The zero-order chi connectivity index (χ0) is 13.3. The van der Waals surface area contributed by atoms with Gasteiger partial charge in [0.15, 0.2) is 5.16 Å². The van der Waals surface area contributed by atoms with Crippen LogP contribution in [0.3, 0.4) is 0 Å². The molecule has 18 heavy (non-hydrogen) atoms. The summed E-state index contributed by atoms with van der Waals surface area (Å²) < 4.78 is 0. The van der Waals surface area contributed by atoms with E-state index in [4.69, 9.17) is 11.6 Å². The van der Waals surface area contributed by atoms with Gasteiger partial charge >= 0.3 is 0 Å². The molecule has 0 bridgehead atoms. The van der Waals surface area contributed by atoms with Gasteiger partial charge in [0.25, 0.3) is 0 Å². The molecule has 0 radical (unpaired) electrons. The molecule has 0 aromatic carbocycles. The third-order valence-electron chi connectivity index (χ3n) is 2.56. The quantitative estimate of drug-likeness (QED) is 0.373. The van der Waals surface area contributed by atoms with Crippen molar-refractivity contribution in [3.05, 3.63) is 11.2 Å². The molecular weight excluding hydrogens is 276 g/mol. The molecule has 8 heteroatoms. The second kappa shape index (κ2) is 5.11. The summed E-state index contributed by atoms with van der Waals surface area (Å²) in [4.78, 5) is 32.8. The van der Waals surface area contributed by atoms with Crippen LogP contribution in [0.5, 0.6) is 0 Å². The number of carbonyl (C=O) groups is 2. The summed E-state index contributed by atoms with van der Waals surface area (Å²) >= 11 is 7.24.